The second kappa shape index (κ2) is 12.0. The zero-order valence-electron chi connectivity index (χ0n) is 17.4. The third-order valence-corrected chi connectivity index (χ3v) is 4.07. The van der Waals surface area contributed by atoms with E-state index < -0.39 is 17.8 Å². The topological polar surface area (TPSA) is 126 Å². The highest BCUT2D eigenvalue weighted by Gasteiger charge is 2.09. The number of anilines is 1. The van der Waals surface area contributed by atoms with Crippen LogP contribution in [-0.4, -0.2) is 35.4 Å². The van der Waals surface area contributed by atoms with Gasteiger partial charge in [-0.1, -0.05) is 17.7 Å². The van der Waals surface area contributed by atoms with Crippen molar-refractivity contribution in [3.8, 4) is 0 Å². The third-order valence-electron chi connectivity index (χ3n) is 3.87. The van der Waals surface area contributed by atoms with Gasteiger partial charge in [-0.05, 0) is 62.5 Å². The molecule has 0 atom stereocenters. The molecule has 2 aromatic rings. The minimum absolute atomic E-state index is 0.168. The molecule has 9 nitrogen and oxygen atoms in total. The van der Waals surface area contributed by atoms with Crippen LogP contribution in [0.15, 0.2) is 60.7 Å². The first-order chi connectivity index (χ1) is 15.3. The highest BCUT2D eigenvalue weighted by atomic mass is 32.1. The molecule has 32 heavy (non-hydrogen) atoms. The quantitative estimate of drug-likeness (QED) is 0.228. The lowest BCUT2D eigenvalue weighted by Crippen LogP contribution is -2.48. The van der Waals surface area contributed by atoms with Gasteiger partial charge in [0, 0.05) is 29.0 Å². The maximum absolute atomic E-state index is 12.3. The van der Waals surface area contributed by atoms with E-state index in [1.807, 2.05) is 13.0 Å². The van der Waals surface area contributed by atoms with Gasteiger partial charge in [-0.2, -0.15) is 0 Å². The van der Waals surface area contributed by atoms with Crippen molar-refractivity contribution >= 4 is 46.7 Å². The van der Waals surface area contributed by atoms with Crippen LogP contribution in [0.1, 0.15) is 33.2 Å². The molecule has 0 saturated heterocycles. The maximum Gasteiger partial charge on any atom is 0.330 e. The summed E-state index contributed by atoms with van der Waals surface area (Å²) in [5, 5.41) is 4.85. The van der Waals surface area contributed by atoms with Gasteiger partial charge in [0.2, 0.25) is 5.91 Å². The molecule has 0 aromatic heterocycles. The van der Waals surface area contributed by atoms with E-state index in [0.717, 1.165) is 17.7 Å². The summed E-state index contributed by atoms with van der Waals surface area (Å²) < 4.78 is 4.65. The number of hydrogen-bond donors (Lipinski definition) is 4. The Morgan fingerprint density at radius 1 is 0.938 bits per heavy atom. The van der Waals surface area contributed by atoms with Crippen LogP contribution in [0.2, 0.25) is 0 Å². The number of ether oxygens (including phenoxy) is 1. The van der Waals surface area contributed by atoms with Gasteiger partial charge in [-0.3, -0.25) is 30.6 Å². The van der Waals surface area contributed by atoms with Crippen molar-refractivity contribution in [3.05, 3.63) is 77.4 Å². The van der Waals surface area contributed by atoms with Gasteiger partial charge in [-0.25, -0.2) is 4.79 Å². The zero-order valence-corrected chi connectivity index (χ0v) is 18.2. The second-order valence-corrected chi connectivity index (χ2v) is 6.79. The summed E-state index contributed by atoms with van der Waals surface area (Å²) in [4.78, 5) is 47.3. The second-order valence-electron chi connectivity index (χ2n) is 6.38. The van der Waals surface area contributed by atoms with Crippen molar-refractivity contribution < 1.29 is 23.9 Å². The first-order valence-electron chi connectivity index (χ1n) is 9.52. The van der Waals surface area contributed by atoms with Gasteiger partial charge in [0.05, 0.1) is 6.61 Å². The Morgan fingerprint density at radius 3 is 2.31 bits per heavy atom. The SMILES string of the molecule is CCOC(=O)C=CC(=O)NC(=S)NNC(=O)c1ccc(NC(=O)c2cccc(C)c2)cc1. The molecule has 0 unspecified atom stereocenters. The molecule has 0 heterocycles. The van der Waals surface area contributed by atoms with Gasteiger partial charge in [0.1, 0.15) is 0 Å². The Kier molecular flexibility index (Phi) is 9.05. The Balaban J connectivity index is 1.82. The van der Waals surface area contributed by atoms with E-state index in [9.17, 15) is 19.2 Å². The monoisotopic (exact) mass is 454 g/mol. The van der Waals surface area contributed by atoms with E-state index in [1.165, 1.54) is 12.1 Å². The average Bonchev–Trinajstić information content (AvgIpc) is 2.77. The Labute approximate surface area is 190 Å². The number of benzene rings is 2. The van der Waals surface area contributed by atoms with E-state index in [4.69, 9.17) is 12.2 Å². The highest BCUT2D eigenvalue weighted by molar-refractivity contribution is 7.80. The van der Waals surface area contributed by atoms with Crippen LogP contribution >= 0.6 is 12.2 Å². The smallest absolute Gasteiger partial charge is 0.330 e. The summed E-state index contributed by atoms with van der Waals surface area (Å²) in [5.74, 6) is -2.10. The van der Waals surface area contributed by atoms with Crippen molar-refractivity contribution in [1.29, 1.82) is 0 Å². The number of aryl methyl sites for hydroxylation is 1. The molecule has 0 aliphatic carbocycles. The molecule has 0 saturated carbocycles. The number of carbonyl (C=O) groups is 4. The fourth-order valence-electron chi connectivity index (χ4n) is 2.40. The molecule has 10 heteroatoms. The predicted octanol–water partition coefficient (Wildman–Crippen LogP) is 2.00. The summed E-state index contributed by atoms with van der Waals surface area (Å²) in [7, 11) is 0. The fraction of sp³-hybridized carbons (Fsp3) is 0.136. The van der Waals surface area contributed by atoms with E-state index in [-0.39, 0.29) is 17.6 Å². The molecule has 0 aliphatic heterocycles. The van der Waals surface area contributed by atoms with Crippen LogP contribution in [0.4, 0.5) is 5.69 Å². The van der Waals surface area contributed by atoms with E-state index in [0.29, 0.717) is 16.8 Å². The van der Waals surface area contributed by atoms with Crippen LogP contribution in [-0.2, 0) is 14.3 Å². The van der Waals surface area contributed by atoms with Crippen LogP contribution in [0.3, 0.4) is 0 Å². The van der Waals surface area contributed by atoms with Crippen LogP contribution < -0.4 is 21.5 Å². The number of thiocarbonyl (C=S) groups is 1. The minimum Gasteiger partial charge on any atom is -0.463 e. The summed E-state index contributed by atoms with van der Waals surface area (Å²) in [6.07, 6.45) is 1.91. The molecule has 0 bridgehead atoms. The molecule has 0 fully saturated rings. The molecule has 4 N–H and O–H groups in total. The van der Waals surface area contributed by atoms with Gasteiger partial charge in [0.15, 0.2) is 5.11 Å². The van der Waals surface area contributed by atoms with Gasteiger partial charge in [-0.15, -0.1) is 0 Å². The number of hydrazine groups is 1. The Morgan fingerprint density at radius 2 is 1.66 bits per heavy atom. The van der Waals surface area contributed by atoms with Crippen LogP contribution in [0.5, 0.6) is 0 Å². The molecule has 0 aliphatic rings. The normalized spacial score (nSPS) is 10.2. The van der Waals surface area contributed by atoms with Crippen molar-refractivity contribution in [2.45, 2.75) is 13.8 Å². The summed E-state index contributed by atoms with van der Waals surface area (Å²) in [6, 6.07) is 13.4. The van der Waals surface area contributed by atoms with Crippen molar-refractivity contribution in [2.24, 2.45) is 0 Å². The molecule has 0 radical (unpaired) electrons. The molecule has 3 amide bonds. The molecule has 2 aromatic carbocycles. The third kappa shape index (κ3) is 8.00. The van der Waals surface area contributed by atoms with E-state index in [1.54, 1.807) is 37.3 Å². The zero-order chi connectivity index (χ0) is 23.5. The standard InChI is InChI=1S/C22H22N4O5S/c1-3-31-19(28)12-11-18(27)24-22(32)26-25-21(30)15-7-9-17(10-8-15)23-20(29)16-6-4-5-14(2)13-16/h4-13H,3H2,1-2H3,(H,23,29)(H,25,30)(H2,24,26,27,32). The average molecular weight is 455 g/mol. The van der Waals surface area contributed by atoms with Crippen LogP contribution in [0.25, 0.3) is 0 Å². The predicted molar refractivity (Wildman–Crippen MR) is 123 cm³/mol. The summed E-state index contributed by atoms with van der Waals surface area (Å²) in [5.41, 5.74) is 7.04. The number of hydrogen-bond acceptors (Lipinski definition) is 6. The fourth-order valence-corrected chi connectivity index (χ4v) is 2.55. The lowest BCUT2D eigenvalue weighted by Gasteiger charge is -2.10. The summed E-state index contributed by atoms with van der Waals surface area (Å²) >= 11 is 4.90. The number of rotatable bonds is 6. The van der Waals surface area contributed by atoms with Crippen LogP contribution in [0, 0.1) is 6.92 Å². The minimum atomic E-state index is -0.668. The van der Waals surface area contributed by atoms with E-state index >= 15 is 0 Å². The highest BCUT2D eigenvalue weighted by Crippen LogP contribution is 2.12. The van der Waals surface area contributed by atoms with Crippen molar-refractivity contribution in [1.82, 2.24) is 16.2 Å². The number of esters is 1. The number of amides is 3. The van der Waals surface area contributed by atoms with E-state index in [2.05, 4.69) is 26.2 Å². The molecule has 0 spiro atoms. The van der Waals surface area contributed by atoms with Gasteiger partial charge in [0.25, 0.3) is 11.8 Å². The van der Waals surface area contributed by atoms with Crippen molar-refractivity contribution in [3.63, 3.8) is 0 Å². The first kappa shape index (κ1) is 24.2. The Bertz CT molecular complexity index is 1050. The number of nitrogens with one attached hydrogen (secondary N) is 4. The van der Waals surface area contributed by atoms with Gasteiger partial charge < -0.3 is 10.1 Å². The molecular weight excluding hydrogens is 432 g/mol. The molecule has 166 valence electrons. The summed E-state index contributed by atoms with van der Waals surface area (Å²) in [6.45, 7) is 3.73. The largest absolute Gasteiger partial charge is 0.463 e. The maximum atomic E-state index is 12.3. The lowest BCUT2D eigenvalue weighted by molar-refractivity contribution is -0.137. The number of carbonyl (C=O) groups excluding carboxylic acids is 4. The first-order valence-corrected chi connectivity index (χ1v) is 9.93. The van der Waals surface area contributed by atoms with Gasteiger partial charge >= 0.3 is 5.97 Å². The lowest BCUT2D eigenvalue weighted by atomic mass is 10.1. The molecular formula is C22H22N4O5S. The molecule has 2 rings (SSSR count). The van der Waals surface area contributed by atoms with Crippen molar-refractivity contribution in [2.75, 3.05) is 11.9 Å². The Hall–Kier alpha value is -4.05.